The van der Waals surface area contributed by atoms with Gasteiger partial charge >= 0.3 is 0 Å². The Balaban J connectivity index is 2.19. The second kappa shape index (κ2) is 8.08. The lowest BCUT2D eigenvalue weighted by Crippen LogP contribution is -2.32. The van der Waals surface area contributed by atoms with Crippen molar-refractivity contribution in [1.82, 2.24) is 5.32 Å². The molecule has 0 spiro atoms. The van der Waals surface area contributed by atoms with Crippen LogP contribution >= 0.6 is 0 Å². The van der Waals surface area contributed by atoms with Crippen LogP contribution in [-0.4, -0.2) is 37.2 Å². The summed E-state index contributed by atoms with van der Waals surface area (Å²) < 4.78 is 10.5. The van der Waals surface area contributed by atoms with Crippen molar-refractivity contribution in [3.05, 3.63) is 39.4 Å². The van der Waals surface area contributed by atoms with Crippen molar-refractivity contribution < 1.29 is 19.2 Å². The van der Waals surface area contributed by atoms with Gasteiger partial charge in [-0.1, -0.05) is 0 Å². The highest BCUT2D eigenvalue weighted by Crippen LogP contribution is 2.26. The highest BCUT2D eigenvalue weighted by molar-refractivity contribution is 6.02. The molecule has 1 saturated heterocycles. The Morgan fingerprint density at radius 3 is 3.00 bits per heavy atom. The van der Waals surface area contributed by atoms with Gasteiger partial charge in [-0.3, -0.25) is 14.9 Å². The van der Waals surface area contributed by atoms with E-state index in [0.717, 1.165) is 12.8 Å². The van der Waals surface area contributed by atoms with E-state index in [-0.39, 0.29) is 22.9 Å². The van der Waals surface area contributed by atoms with Crippen LogP contribution in [-0.2, 0) is 9.53 Å². The van der Waals surface area contributed by atoms with Crippen molar-refractivity contribution in [1.29, 1.82) is 5.26 Å². The van der Waals surface area contributed by atoms with Crippen LogP contribution in [0.15, 0.2) is 23.8 Å². The van der Waals surface area contributed by atoms with Gasteiger partial charge in [-0.15, -0.1) is 0 Å². The van der Waals surface area contributed by atoms with Crippen LogP contribution in [0, 0.1) is 21.4 Å². The average molecular weight is 331 g/mol. The summed E-state index contributed by atoms with van der Waals surface area (Å²) in [6, 6.07) is 5.77. The number of rotatable bonds is 6. The maximum absolute atomic E-state index is 12.1. The Morgan fingerprint density at radius 1 is 1.62 bits per heavy atom. The molecule has 1 amide bonds. The van der Waals surface area contributed by atoms with E-state index in [0.29, 0.717) is 18.9 Å². The van der Waals surface area contributed by atoms with Gasteiger partial charge < -0.3 is 14.8 Å². The van der Waals surface area contributed by atoms with Crippen molar-refractivity contribution in [2.24, 2.45) is 0 Å². The van der Waals surface area contributed by atoms with E-state index < -0.39 is 10.8 Å². The first-order valence-corrected chi connectivity index (χ1v) is 7.39. The third-order valence-electron chi connectivity index (χ3n) is 3.60. The molecule has 1 aliphatic rings. The monoisotopic (exact) mass is 331 g/mol. The molecule has 8 nitrogen and oxygen atoms in total. The normalized spacial score (nSPS) is 17.2. The van der Waals surface area contributed by atoms with Crippen LogP contribution < -0.4 is 10.1 Å². The van der Waals surface area contributed by atoms with E-state index in [4.69, 9.17) is 9.47 Å². The summed E-state index contributed by atoms with van der Waals surface area (Å²) in [5.41, 5.74) is -0.0265. The number of nitrogens with zero attached hydrogens (tertiary/aromatic N) is 2. The number of amides is 1. The number of benzene rings is 1. The van der Waals surface area contributed by atoms with Gasteiger partial charge in [0.05, 0.1) is 18.1 Å². The van der Waals surface area contributed by atoms with Gasteiger partial charge in [0.2, 0.25) is 0 Å². The molecule has 1 atom stereocenters. The summed E-state index contributed by atoms with van der Waals surface area (Å²) in [5, 5.41) is 22.7. The fourth-order valence-corrected chi connectivity index (χ4v) is 2.36. The number of nitro groups is 1. The fourth-order valence-electron chi connectivity index (χ4n) is 2.36. The second-order valence-corrected chi connectivity index (χ2v) is 5.20. The molecule has 24 heavy (non-hydrogen) atoms. The lowest BCUT2D eigenvalue weighted by atomic mass is 10.1. The summed E-state index contributed by atoms with van der Waals surface area (Å²) in [4.78, 5) is 22.4. The number of carbonyl (C=O) groups excluding carboxylic acids is 1. The molecule has 1 fully saturated rings. The molecule has 0 aromatic heterocycles. The fraction of sp³-hybridized carbons (Fsp3) is 0.375. The number of carbonyl (C=O) groups is 1. The highest BCUT2D eigenvalue weighted by Gasteiger charge is 2.18. The Bertz CT molecular complexity index is 702. The molecule has 0 aliphatic carbocycles. The number of nitrogens with one attached hydrogen (secondary N) is 1. The minimum absolute atomic E-state index is 0.0405. The van der Waals surface area contributed by atoms with Crippen LogP contribution in [0.3, 0.4) is 0 Å². The minimum atomic E-state index is -0.555. The van der Waals surface area contributed by atoms with Crippen LogP contribution in [0.4, 0.5) is 5.69 Å². The van der Waals surface area contributed by atoms with Gasteiger partial charge in [-0.2, -0.15) is 5.26 Å². The Kier molecular flexibility index (Phi) is 5.87. The minimum Gasteiger partial charge on any atom is -0.496 e. The Morgan fingerprint density at radius 2 is 2.42 bits per heavy atom. The number of ether oxygens (including phenoxy) is 2. The van der Waals surface area contributed by atoms with E-state index in [9.17, 15) is 20.2 Å². The SMILES string of the molecule is COc1ccc([N+](=O)[O-])cc1/C=C(\C#N)C(=O)NC[C@H]1CCCO1. The summed E-state index contributed by atoms with van der Waals surface area (Å²) in [5.74, 6) is -0.221. The first-order valence-electron chi connectivity index (χ1n) is 7.39. The van der Waals surface area contributed by atoms with Crippen molar-refractivity contribution in [2.75, 3.05) is 20.3 Å². The molecule has 0 radical (unpaired) electrons. The summed E-state index contributed by atoms with van der Waals surface area (Å²) in [6.07, 6.45) is 3.05. The van der Waals surface area contributed by atoms with E-state index in [2.05, 4.69) is 5.32 Å². The van der Waals surface area contributed by atoms with E-state index in [1.807, 2.05) is 6.07 Å². The third-order valence-corrected chi connectivity index (χ3v) is 3.60. The lowest BCUT2D eigenvalue weighted by Gasteiger charge is -2.10. The van der Waals surface area contributed by atoms with Gasteiger partial charge in [-0.25, -0.2) is 0 Å². The van der Waals surface area contributed by atoms with E-state index >= 15 is 0 Å². The standard InChI is InChI=1S/C16H17N3O5/c1-23-15-5-4-13(19(21)22)8-11(15)7-12(9-17)16(20)18-10-14-3-2-6-24-14/h4-5,7-8,14H,2-3,6,10H2,1H3,(H,18,20)/b12-7+/t14-/m1/s1. The van der Waals surface area contributed by atoms with Gasteiger partial charge in [0.1, 0.15) is 17.4 Å². The summed E-state index contributed by atoms with van der Waals surface area (Å²) in [6.45, 7) is 0.996. The molecule has 1 heterocycles. The maximum Gasteiger partial charge on any atom is 0.270 e. The zero-order valence-electron chi connectivity index (χ0n) is 13.2. The van der Waals surface area contributed by atoms with Crippen LogP contribution in [0.5, 0.6) is 5.75 Å². The van der Waals surface area contributed by atoms with Crippen LogP contribution in [0.1, 0.15) is 18.4 Å². The Hall–Kier alpha value is -2.92. The molecule has 1 aromatic carbocycles. The molecule has 0 unspecified atom stereocenters. The van der Waals surface area contributed by atoms with E-state index in [1.54, 1.807) is 0 Å². The molecule has 1 N–H and O–H groups in total. The van der Waals surface area contributed by atoms with Crippen molar-refractivity contribution in [3.8, 4) is 11.8 Å². The zero-order chi connectivity index (χ0) is 17.5. The van der Waals surface area contributed by atoms with Crippen molar-refractivity contribution in [2.45, 2.75) is 18.9 Å². The first-order chi connectivity index (χ1) is 11.5. The highest BCUT2D eigenvalue weighted by atomic mass is 16.6. The van der Waals surface area contributed by atoms with E-state index in [1.165, 1.54) is 31.4 Å². The molecule has 1 aromatic rings. The summed E-state index contributed by atoms with van der Waals surface area (Å²) >= 11 is 0. The Labute approximate surface area is 138 Å². The topological polar surface area (TPSA) is 114 Å². The molecule has 1 aliphatic heterocycles. The lowest BCUT2D eigenvalue weighted by molar-refractivity contribution is -0.384. The molecule has 126 valence electrons. The van der Waals surface area contributed by atoms with Crippen molar-refractivity contribution >= 4 is 17.7 Å². The van der Waals surface area contributed by atoms with Crippen LogP contribution in [0.25, 0.3) is 6.08 Å². The molecule has 0 saturated carbocycles. The summed E-state index contributed by atoms with van der Waals surface area (Å²) in [7, 11) is 1.40. The molecule has 0 bridgehead atoms. The molecule has 8 heteroatoms. The van der Waals surface area contributed by atoms with Gasteiger partial charge in [0.15, 0.2) is 0 Å². The smallest absolute Gasteiger partial charge is 0.270 e. The zero-order valence-corrected chi connectivity index (χ0v) is 13.2. The second-order valence-electron chi connectivity index (χ2n) is 5.20. The number of hydrogen-bond donors (Lipinski definition) is 1. The predicted molar refractivity (Wildman–Crippen MR) is 85.2 cm³/mol. The van der Waals surface area contributed by atoms with Crippen LogP contribution in [0.2, 0.25) is 0 Å². The number of non-ortho nitro benzene ring substituents is 1. The molecular weight excluding hydrogens is 314 g/mol. The predicted octanol–water partition coefficient (Wildman–Crippen LogP) is 1.81. The average Bonchev–Trinajstić information content (AvgIpc) is 3.10. The number of nitriles is 1. The van der Waals surface area contributed by atoms with Gasteiger partial charge in [0.25, 0.3) is 11.6 Å². The number of hydrogen-bond acceptors (Lipinski definition) is 6. The maximum atomic E-state index is 12.1. The largest absolute Gasteiger partial charge is 0.496 e. The van der Waals surface area contributed by atoms with Crippen molar-refractivity contribution in [3.63, 3.8) is 0 Å². The first kappa shape index (κ1) is 17.4. The quantitative estimate of drug-likeness (QED) is 0.368. The molecular formula is C16H17N3O5. The number of methoxy groups -OCH3 is 1. The molecule has 2 rings (SSSR count). The van der Waals surface area contributed by atoms with Gasteiger partial charge in [-0.05, 0) is 25.0 Å². The van der Waals surface area contributed by atoms with Gasteiger partial charge in [0, 0.05) is 30.8 Å². The third kappa shape index (κ3) is 4.30. The number of nitro benzene ring substituents is 1.